The maximum atomic E-state index is 12.0. The van der Waals surface area contributed by atoms with Gasteiger partial charge in [-0.25, -0.2) is 9.59 Å². The van der Waals surface area contributed by atoms with E-state index < -0.39 is 0 Å². The summed E-state index contributed by atoms with van der Waals surface area (Å²) < 4.78 is 11.5. The third-order valence-corrected chi connectivity index (χ3v) is 6.14. The molecule has 0 spiro atoms. The highest BCUT2D eigenvalue weighted by atomic mass is 16.6. The highest BCUT2D eigenvalue weighted by Crippen LogP contribution is 2.56. The molecule has 0 aromatic rings. The maximum Gasteiger partial charge on any atom is 0.333 e. The Balaban J connectivity index is 1.77. The summed E-state index contributed by atoms with van der Waals surface area (Å²) in [5, 5.41) is 0. The summed E-state index contributed by atoms with van der Waals surface area (Å²) in [6, 6.07) is 0. The average Bonchev–Trinajstić information content (AvgIpc) is 2.90. The molecule has 132 valence electrons. The molecule has 0 saturated heterocycles. The van der Waals surface area contributed by atoms with Crippen LogP contribution in [0.15, 0.2) is 24.3 Å². The molecule has 0 aliphatic heterocycles. The van der Waals surface area contributed by atoms with Gasteiger partial charge in [-0.1, -0.05) is 26.0 Å². The number of rotatable bonds is 4. The largest absolute Gasteiger partial charge is 0.459 e. The molecule has 3 aliphatic carbocycles. The normalized spacial score (nSPS) is 37.2. The molecule has 3 rings (SSSR count). The van der Waals surface area contributed by atoms with Crippen LogP contribution < -0.4 is 0 Å². The molecule has 0 aromatic carbocycles. The number of esters is 2. The number of ether oxygens (including phenoxy) is 2. The fourth-order valence-corrected chi connectivity index (χ4v) is 5.14. The number of carbonyl (C=O) groups is 2. The molecule has 24 heavy (non-hydrogen) atoms. The van der Waals surface area contributed by atoms with Gasteiger partial charge in [-0.15, -0.1) is 0 Å². The second kappa shape index (κ2) is 6.73. The van der Waals surface area contributed by atoms with Gasteiger partial charge >= 0.3 is 11.9 Å². The van der Waals surface area contributed by atoms with Gasteiger partial charge in [0.2, 0.25) is 0 Å². The highest BCUT2D eigenvalue weighted by Gasteiger charge is 2.55. The molecule has 0 aromatic heterocycles. The molecule has 4 heteroatoms. The van der Waals surface area contributed by atoms with Gasteiger partial charge in [-0.05, 0) is 57.3 Å². The molecular formula is C20H28O4. The Labute approximate surface area is 144 Å². The Morgan fingerprint density at radius 3 is 2.08 bits per heavy atom. The zero-order valence-corrected chi connectivity index (χ0v) is 14.8. The number of hydrogen-bond acceptors (Lipinski definition) is 4. The lowest BCUT2D eigenvalue weighted by atomic mass is 9.64. The summed E-state index contributed by atoms with van der Waals surface area (Å²) in [7, 11) is 0. The van der Waals surface area contributed by atoms with E-state index in [1.807, 2.05) is 0 Å². The minimum atomic E-state index is -0.298. The number of carbonyl (C=O) groups excluding carboxylic acids is 2. The Morgan fingerprint density at radius 1 is 0.833 bits per heavy atom. The molecule has 0 bridgehead atoms. The first kappa shape index (κ1) is 17.2. The van der Waals surface area contributed by atoms with Gasteiger partial charge in [0.1, 0.15) is 12.2 Å². The predicted molar refractivity (Wildman–Crippen MR) is 91.1 cm³/mol. The van der Waals surface area contributed by atoms with Crippen LogP contribution in [0, 0.1) is 23.7 Å². The van der Waals surface area contributed by atoms with Crippen molar-refractivity contribution >= 4 is 11.9 Å². The van der Waals surface area contributed by atoms with Crippen LogP contribution in [0.2, 0.25) is 0 Å². The van der Waals surface area contributed by atoms with Gasteiger partial charge in [0.15, 0.2) is 0 Å². The summed E-state index contributed by atoms with van der Waals surface area (Å²) in [6.07, 6.45) is 6.26. The van der Waals surface area contributed by atoms with E-state index in [0.29, 0.717) is 34.8 Å². The molecular weight excluding hydrogens is 304 g/mol. The van der Waals surface area contributed by atoms with Crippen molar-refractivity contribution in [3.8, 4) is 0 Å². The van der Waals surface area contributed by atoms with Crippen LogP contribution in [0.5, 0.6) is 0 Å². The highest BCUT2D eigenvalue weighted by molar-refractivity contribution is 5.87. The van der Waals surface area contributed by atoms with E-state index in [-0.39, 0.29) is 24.1 Å². The summed E-state index contributed by atoms with van der Waals surface area (Å²) in [4.78, 5) is 24.0. The lowest BCUT2D eigenvalue weighted by Crippen LogP contribution is -2.41. The first-order chi connectivity index (χ1) is 11.4. The van der Waals surface area contributed by atoms with Crippen molar-refractivity contribution in [2.75, 3.05) is 0 Å². The lowest BCUT2D eigenvalue weighted by Gasteiger charge is -2.44. The topological polar surface area (TPSA) is 52.6 Å². The standard InChI is InChI=1S/C20H28O4/c1-11(2)19(21)23-16-9-8-13-6-5-7-14-17(10-15(16)18(13)14)24-20(22)12(3)4/h13-18H,1,3,5-10H2,2,4H3/t13?,14?,15?,16-,17?,18?/m1/s1. The molecule has 3 fully saturated rings. The van der Waals surface area contributed by atoms with Crippen LogP contribution in [-0.4, -0.2) is 24.1 Å². The van der Waals surface area contributed by atoms with Crippen LogP contribution in [0.1, 0.15) is 52.4 Å². The van der Waals surface area contributed by atoms with Crippen LogP contribution in [0.4, 0.5) is 0 Å². The summed E-state index contributed by atoms with van der Waals surface area (Å²) >= 11 is 0. The van der Waals surface area contributed by atoms with Gasteiger partial charge in [0, 0.05) is 17.1 Å². The Morgan fingerprint density at radius 2 is 1.46 bits per heavy atom. The molecule has 0 heterocycles. The van der Waals surface area contributed by atoms with Crippen LogP contribution >= 0.6 is 0 Å². The van der Waals surface area contributed by atoms with Crippen molar-refractivity contribution in [2.45, 2.75) is 64.6 Å². The molecule has 4 nitrogen and oxygen atoms in total. The van der Waals surface area contributed by atoms with Crippen molar-refractivity contribution in [3.63, 3.8) is 0 Å². The smallest absolute Gasteiger partial charge is 0.333 e. The van der Waals surface area contributed by atoms with Gasteiger partial charge in [0.25, 0.3) is 0 Å². The molecule has 0 N–H and O–H groups in total. The summed E-state index contributed by atoms with van der Waals surface area (Å²) in [5.41, 5.74) is 0.892. The molecule has 6 atom stereocenters. The van der Waals surface area contributed by atoms with Crippen molar-refractivity contribution in [1.29, 1.82) is 0 Å². The van der Waals surface area contributed by atoms with E-state index in [1.54, 1.807) is 13.8 Å². The quantitative estimate of drug-likeness (QED) is 0.580. The van der Waals surface area contributed by atoms with Gasteiger partial charge in [0.05, 0.1) is 0 Å². The number of hydrogen-bond donors (Lipinski definition) is 0. The average molecular weight is 332 g/mol. The zero-order valence-electron chi connectivity index (χ0n) is 14.8. The fraction of sp³-hybridized carbons (Fsp3) is 0.700. The maximum absolute atomic E-state index is 12.0. The van der Waals surface area contributed by atoms with E-state index in [1.165, 1.54) is 12.8 Å². The Bertz CT molecular complexity index is 564. The third kappa shape index (κ3) is 3.15. The van der Waals surface area contributed by atoms with Gasteiger partial charge < -0.3 is 9.47 Å². The zero-order chi connectivity index (χ0) is 17.4. The third-order valence-electron chi connectivity index (χ3n) is 6.14. The molecule has 3 saturated carbocycles. The van der Waals surface area contributed by atoms with Crippen LogP contribution in [0.3, 0.4) is 0 Å². The molecule has 3 aliphatic rings. The second-order valence-electron chi connectivity index (χ2n) is 7.86. The minimum Gasteiger partial charge on any atom is -0.459 e. The van der Waals surface area contributed by atoms with Crippen molar-refractivity contribution < 1.29 is 19.1 Å². The minimum absolute atomic E-state index is 0.0591. The molecule has 0 amide bonds. The fourth-order valence-electron chi connectivity index (χ4n) is 5.14. The molecule has 5 unspecified atom stereocenters. The van der Waals surface area contributed by atoms with E-state index in [4.69, 9.17) is 9.47 Å². The lowest BCUT2D eigenvalue weighted by molar-refractivity contribution is -0.152. The summed E-state index contributed by atoms with van der Waals surface area (Å²) in [6.45, 7) is 10.7. The van der Waals surface area contributed by atoms with Gasteiger partial charge in [-0.3, -0.25) is 0 Å². The van der Waals surface area contributed by atoms with E-state index in [0.717, 1.165) is 25.7 Å². The first-order valence-electron chi connectivity index (χ1n) is 9.11. The van der Waals surface area contributed by atoms with E-state index >= 15 is 0 Å². The Hall–Kier alpha value is -1.58. The monoisotopic (exact) mass is 332 g/mol. The van der Waals surface area contributed by atoms with Crippen LogP contribution in [-0.2, 0) is 19.1 Å². The molecule has 0 radical (unpaired) electrons. The van der Waals surface area contributed by atoms with E-state index in [9.17, 15) is 9.59 Å². The first-order valence-corrected chi connectivity index (χ1v) is 9.11. The van der Waals surface area contributed by atoms with Crippen molar-refractivity contribution in [1.82, 2.24) is 0 Å². The van der Waals surface area contributed by atoms with Crippen molar-refractivity contribution in [2.24, 2.45) is 23.7 Å². The Kier molecular flexibility index (Phi) is 4.84. The second-order valence-corrected chi connectivity index (χ2v) is 7.86. The van der Waals surface area contributed by atoms with Crippen molar-refractivity contribution in [3.05, 3.63) is 24.3 Å². The van der Waals surface area contributed by atoms with Gasteiger partial charge in [-0.2, -0.15) is 0 Å². The van der Waals surface area contributed by atoms with E-state index in [2.05, 4.69) is 13.2 Å². The predicted octanol–water partition coefficient (Wildman–Crippen LogP) is 3.81. The van der Waals surface area contributed by atoms with Crippen LogP contribution in [0.25, 0.3) is 0 Å². The SMILES string of the molecule is C=C(C)C(=O)OC1CC2C3C(CCCC13)CC[C@H]2OC(=O)C(=C)C. The summed E-state index contributed by atoms with van der Waals surface area (Å²) in [5.74, 6) is 1.31.